The van der Waals surface area contributed by atoms with E-state index in [1.807, 2.05) is 0 Å². The lowest BCUT2D eigenvalue weighted by atomic mass is 10.4. The lowest BCUT2D eigenvalue weighted by Crippen LogP contribution is -2.28. The lowest BCUT2D eigenvalue weighted by Gasteiger charge is -2.15. The lowest BCUT2D eigenvalue weighted by molar-refractivity contribution is 0.452. The maximum absolute atomic E-state index is 12.4. The summed E-state index contributed by atoms with van der Waals surface area (Å²) < 4.78 is 28.0. The molecule has 2 fully saturated rings. The molecule has 0 aliphatic heterocycles. The van der Waals surface area contributed by atoms with Crippen molar-refractivity contribution < 1.29 is 8.42 Å². The summed E-state index contributed by atoms with van der Waals surface area (Å²) in [7, 11) is -1.72. The van der Waals surface area contributed by atoms with Crippen LogP contribution in [0.5, 0.6) is 0 Å². The molecule has 0 atom stereocenters. The standard InChI is InChI=1S/C14H24N4O2S/c1-17(10-12-3-4-12)21(19,20)14-9-16-18(11-14)8-2-7-15-13-5-6-13/h9,11-13,15H,2-8,10H2,1H3. The number of hydrogen-bond donors (Lipinski definition) is 1. The van der Waals surface area contributed by atoms with Gasteiger partial charge in [-0.25, -0.2) is 12.7 Å². The molecule has 21 heavy (non-hydrogen) atoms. The number of sulfonamides is 1. The predicted octanol–water partition coefficient (Wildman–Crippen LogP) is 1.06. The van der Waals surface area contributed by atoms with Gasteiger partial charge in [-0.05, 0) is 44.6 Å². The maximum Gasteiger partial charge on any atom is 0.245 e. The summed E-state index contributed by atoms with van der Waals surface area (Å²) in [6.07, 6.45) is 8.95. The summed E-state index contributed by atoms with van der Waals surface area (Å²) in [4.78, 5) is 0.306. The predicted molar refractivity (Wildman–Crippen MR) is 80.4 cm³/mol. The minimum atomic E-state index is -3.37. The highest BCUT2D eigenvalue weighted by Crippen LogP contribution is 2.30. The molecule has 2 aliphatic rings. The van der Waals surface area contributed by atoms with E-state index in [-0.39, 0.29) is 0 Å². The van der Waals surface area contributed by atoms with E-state index in [4.69, 9.17) is 0 Å². The van der Waals surface area contributed by atoms with Crippen LogP contribution in [-0.4, -0.2) is 48.7 Å². The quantitative estimate of drug-likeness (QED) is 0.692. The second kappa shape index (κ2) is 6.06. The SMILES string of the molecule is CN(CC1CC1)S(=O)(=O)c1cnn(CCCNC2CC2)c1. The fourth-order valence-electron chi connectivity index (χ4n) is 2.38. The van der Waals surface area contributed by atoms with Crippen LogP contribution in [0, 0.1) is 5.92 Å². The van der Waals surface area contributed by atoms with E-state index in [0.29, 0.717) is 17.4 Å². The first-order chi connectivity index (χ1) is 10.1. The van der Waals surface area contributed by atoms with E-state index in [0.717, 1.165) is 38.4 Å². The Kier molecular flexibility index (Phi) is 4.33. The number of nitrogens with one attached hydrogen (secondary N) is 1. The smallest absolute Gasteiger partial charge is 0.245 e. The van der Waals surface area contributed by atoms with Crippen LogP contribution in [0.2, 0.25) is 0 Å². The number of aromatic nitrogens is 2. The molecular formula is C14H24N4O2S. The van der Waals surface area contributed by atoms with Gasteiger partial charge in [0.15, 0.2) is 0 Å². The van der Waals surface area contributed by atoms with Crippen molar-refractivity contribution in [2.75, 3.05) is 20.1 Å². The fraction of sp³-hybridized carbons (Fsp3) is 0.786. The van der Waals surface area contributed by atoms with Crippen LogP contribution in [0.25, 0.3) is 0 Å². The van der Waals surface area contributed by atoms with Crippen molar-refractivity contribution >= 4 is 10.0 Å². The molecule has 0 aromatic carbocycles. The Balaban J connectivity index is 1.52. The normalized spacial score (nSPS) is 19.3. The molecule has 0 spiro atoms. The topological polar surface area (TPSA) is 67.2 Å². The first-order valence-corrected chi connectivity index (χ1v) is 9.22. The van der Waals surface area contributed by atoms with Crippen molar-refractivity contribution in [2.45, 2.75) is 49.6 Å². The van der Waals surface area contributed by atoms with Crippen LogP contribution in [0.4, 0.5) is 0 Å². The Hall–Kier alpha value is -0.920. The highest BCUT2D eigenvalue weighted by molar-refractivity contribution is 7.89. The molecule has 1 aromatic rings. The van der Waals surface area contributed by atoms with Crippen molar-refractivity contribution in [3.8, 4) is 0 Å². The molecule has 1 aromatic heterocycles. The minimum absolute atomic E-state index is 0.306. The minimum Gasteiger partial charge on any atom is -0.314 e. The van der Waals surface area contributed by atoms with E-state index in [9.17, 15) is 8.42 Å². The Morgan fingerprint density at radius 1 is 1.38 bits per heavy atom. The Bertz CT molecular complexity index is 576. The Labute approximate surface area is 126 Å². The van der Waals surface area contributed by atoms with Gasteiger partial charge in [-0.2, -0.15) is 5.10 Å². The molecule has 0 amide bonds. The molecular weight excluding hydrogens is 288 g/mol. The van der Waals surface area contributed by atoms with Gasteiger partial charge in [0, 0.05) is 32.4 Å². The molecule has 0 bridgehead atoms. The average Bonchev–Trinajstić information content (AvgIpc) is 3.36. The molecule has 0 radical (unpaired) electrons. The number of hydrogen-bond acceptors (Lipinski definition) is 4. The van der Waals surface area contributed by atoms with Gasteiger partial charge in [0.2, 0.25) is 10.0 Å². The largest absolute Gasteiger partial charge is 0.314 e. The van der Waals surface area contributed by atoms with Gasteiger partial charge in [0.25, 0.3) is 0 Å². The second-order valence-corrected chi connectivity index (χ2v) is 8.29. The van der Waals surface area contributed by atoms with Crippen molar-refractivity contribution in [2.24, 2.45) is 5.92 Å². The first-order valence-electron chi connectivity index (χ1n) is 7.78. The Morgan fingerprint density at radius 2 is 2.14 bits per heavy atom. The summed E-state index contributed by atoms with van der Waals surface area (Å²) in [5.41, 5.74) is 0. The van der Waals surface area contributed by atoms with E-state index in [1.54, 1.807) is 17.9 Å². The number of aryl methyl sites for hydroxylation is 1. The third-order valence-corrected chi connectivity index (χ3v) is 5.88. The van der Waals surface area contributed by atoms with Gasteiger partial charge in [0.1, 0.15) is 4.90 Å². The van der Waals surface area contributed by atoms with Crippen molar-refractivity contribution in [3.05, 3.63) is 12.4 Å². The number of rotatable bonds is 9. The summed E-state index contributed by atoms with van der Waals surface area (Å²) in [6.45, 7) is 2.34. The molecule has 0 unspecified atom stereocenters. The summed E-state index contributed by atoms with van der Waals surface area (Å²) in [6, 6.07) is 0.717. The van der Waals surface area contributed by atoms with Gasteiger partial charge in [-0.1, -0.05) is 0 Å². The molecule has 1 heterocycles. The van der Waals surface area contributed by atoms with Crippen LogP contribution in [0.15, 0.2) is 17.3 Å². The highest BCUT2D eigenvalue weighted by atomic mass is 32.2. The first kappa shape index (κ1) is 15.0. The van der Waals surface area contributed by atoms with E-state index >= 15 is 0 Å². The third-order valence-electron chi connectivity index (χ3n) is 4.10. The summed E-state index contributed by atoms with van der Waals surface area (Å²) >= 11 is 0. The zero-order valence-electron chi connectivity index (χ0n) is 12.5. The molecule has 7 heteroatoms. The molecule has 118 valence electrons. The number of nitrogens with zero attached hydrogens (tertiary/aromatic N) is 3. The van der Waals surface area contributed by atoms with Gasteiger partial charge in [-0.3, -0.25) is 4.68 Å². The van der Waals surface area contributed by atoms with Crippen LogP contribution in [0.3, 0.4) is 0 Å². The van der Waals surface area contributed by atoms with Crippen LogP contribution in [-0.2, 0) is 16.6 Å². The molecule has 3 rings (SSSR count). The van der Waals surface area contributed by atoms with Crippen LogP contribution >= 0.6 is 0 Å². The van der Waals surface area contributed by atoms with E-state index in [1.165, 1.54) is 23.3 Å². The zero-order valence-corrected chi connectivity index (χ0v) is 13.3. The third kappa shape index (κ3) is 4.05. The van der Waals surface area contributed by atoms with Crippen LogP contribution in [0.1, 0.15) is 32.1 Å². The summed E-state index contributed by atoms with van der Waals surface area (Å²) in [5.74, 6) is 0.549. The van der Waals surface area contributed by atoms with Gasteiger partial charge in [0.05, 0.1) is 6.20 Å². The maximum atomic E-state index is 12.4. The van der Waals surface area contributed by atoms with Crippen molar-refractivity contribution in [1.29, 1.82) is 0 Å². The molecule has 1 N–H and O–H groups in total. The second-order valence-electron chi connectivity index (χ2n) is 6.25. The van der Waals surface area contributed by atoms with Crippen molar-refractivity contribution in [1.82, 2.24) is 19.4 Å². The monoisotopic (exact) mass is 312 g/mol. The highest BCUT2D eigenvalue weighted by Gasteiger charge is 2.29. The molecule has 2 saturated carbocycles. The Morgan fingerprint density at radius 3 is 2.81 bits per heavy atom. The molecule has 6 nitrogen and oxygen atoms in total. The van der Waals surface area contributed by atoms with E-state index in [2.05, 4.69) is 10.4 Å². The molecule has 0 saturated heterocycles. The van der Waals surface area contributed by atoms with Gasteiger partial charge in [-0.15, -0.1) is 0 Å². The van der Waals surface area contributed by atoms with Crippen LogP contribution < -0.4 is 5.32 Å². The van der Waals surface area contributed by atoms with Gasteiger partial charge >= 0.3 is 0 Å². The summed E-state index contributed by atoms with van der Waals surface area (Å²) in [5, 5.41) is 7.62. The van der Waals surface area contributed by atoms with Crippen molar-refractivity contribution in [3.63, 3.8) is 0 Å². The molecule has 2 aliphatic carbocycles. The average molecular weight is 312 g/mol. The fourth-order valence-corrected chi connectivity index (χ4v) is 3.58. The van der Waals surface area contributed by atoms with Gasteiger partial charge < -0.3 is 5.32 Å². The zero-order chi connectivity index (χ0) is 14.9. The van der Waals surface area contributed by atoms with E-state index < -0.39 is 10.0 Å².